The van der Waals surface area contributed by atoms with Crippen molar-refractivity contribution in [1.82, 2.24) is 0 Å². The summed E-state index contributed by atoms with van der Waals surface area (Å²) in [6, 6.07) is 16.4. The lowest BCUT2D eigenvalue weighted by atomic mass is 10.1. The van der Waals surface area contributed by atoms with Crippen LogP contribution in [0.4, 0.5) is 11.4 Å². The van der Waals surface area contributed by atoms with Crippen LogP contribution in [0.1, 0.15) is 11.1 Å². The Labute approximate surface area is 96.4 Å². The van der Waals surface area contributed by atoms with Crippen molar-refractivity contribution in [2.24, 2.45) is 0 Å². The van der Waals surface area contributed by atoms with Gasteiger partial charge in [0.05, 0.1) is 0 Å². The standard InChI is InChI=1S/C15H15N/c1-3-13-9-5-7-11-15(13)16-14-10-6-4-8-12(14)2/h3-11,16H,1H2,2H3. The maximum Gasteiger partial charge on any atom is 0.0457 e. The maximum absolute atomic E-state index is 3.82. The van der Waals surface area contributed by atoms with Crippen LogP contribution in [0.5, 0.6) is 0 Å². The van der Waals surface area contributed by atoms with Crippen molar-refractivity contribution in [2.75, 3.05) is 5.32 Å². The molecule has 0 saturated heterocycles. The summed E-state index contributed by atoms with van der Waals surface area (Å²) in [5.41, 5.74) is 4.58. The van der Waals surface area contributed by atoms with Crippen molar-refractivity contribution < 1.29 is 0 Å². The van der Waals surface area contributed by atoms with Crippen LogP contribution in [0.3, 0.4) is 0 Å². The van der Waals surface area contributed by atoms with Gasteiger partial charge in [0, 0.05) is 11.4 Å². The van der Waals surface area contributed by atoms with E-state index in [1.54, 1.807) is 0 Å². The molecular weight excluding hydrogens is 194 g/mol. The lowest BCUT2D eigenvalue weighted by molar-refractivity contribution is 1.43. The highest BCUT2D eigenvalue weighted by molar-refractivity contribution is 5.72. The largest absolute Gasteiger partial charge is 0.355 e. The molecule has 1 heteroatoms. The number of aryl methyl sites for hydroxylation is 1. The van der Waals surface area contributed by atoms with Gasteiger partial charge in [-0.2, -0.15) is 0 Å². The van der Waals surface area contributed by atoms with E-state index in [0.29, 0.717) is 0 Å². The first kappa shape index (κ1) is 10.5. The number of benzene rings is 2. The van der Waals surface area contributed by atoms with Gasteiger partial charge in [-0.05, 0) is 30.2 Å². The molecule has 0 aliphatic heterocycles. The fraction of sp³-hybridized carbons (Fsp3) is 0.0667. The van der Waals surface area contributed by atoms with E-state index >= 15 is 0 Å². The second-order valence-electron chi connectivity index (χ2n) is 3.73. The predicted molar refractivity (Wildman–Crippen MR) is 71.0 cm³/mol. The second kappa shape index (κ2) is 4.67. The number of para-hydroxylation sites is 2. The molecule has 0 fully saturated rings. The fourth-order valence-electron chi connectivity index (χ4n) is 1.65. The van der Waals surface area contributed by atoms with E-state index in [1.165, 1.54) is 5.56 Å². The van der Waals surface area contributed by atoms with Crippen molar-refractivity contribution >= 4 is 17.5 Å². The summed E-state index contributed by atoms with van der Waals surface area (Å²) >= 11 is 0. The molecule has 0 atom stereocenters. The van der Waals surface area contributed by atoms with Crippen molar-refractivity contribution in [3.05, 3.63) is 66.2 Å². The van der Waals surface area contributed by atoms with Crippen LogP contribution in [0.2, 0.25) is 0 Å². The van der Waals surface area contributed by atoms with Crippen LogP contribution in [-0.2, 0) is 0 Å². The van der Waals surface area contributed by atoms with E-state index in [0.717, 1.165) is 16.9 Å². The number of hydrogen-bond donors (Lipinski definition) is 1. The molecule has 0 spiro atoms. The van der Waals surface area contributed by atoms with Crippen LogP contribution >= 0.6 is 0 Å². The molecule has 16 heavy (non-hydrogen) atoms. The molecule has 0 bridgehead atoms. The zero-order valence-corrected chi connectivity index (χ0v) is 9.40. The Morgan fingerprint density at radius 2 is 1.56 bits per heavy atom. The van der Waals surface area contributed by atoms with Gasteiger partial charge in [0.2, 0.25) is 0 Å². The van der Waals surface area contributed by atoms with Crippen LogP contribution < -0.4 is 5.32 Å². The van der Waals surface area contributed by atoms with Crippen molar-refractivity contribution in [3.63, 3.8) is 0 Å². The molecule has 0 amide bonds. The maximum atomic E-state index is 3.82. The van der Waals surface area contributed by atoms with E-state index < -0.39 is 0 Å². The first-order valence-corrected chi connectivity index (χ1v) is 5.35. The highest BCUT2D eigenvalue weighted by Gasteiger charge is 2.00. The Balaban J connectivity index is 2.34. The summed E-state index contributed by atoms with van der Waals surface area (Å²) in [7, 11) is 0. The van der Waals surface area contributed by atoms with Gasteiger partial charge < -0.3 is 5.32 Å². The van der Waals surface area contributed by atoms with E-state index in [9.17, 15) is 0 Å². The lowest BCUT2D eigenvalue weighted by Gasteiger charge is -2.11. The van der Waals surface area contributed by atoms with Crippen molar-refractivity contribution in [1.29, 1.82) is 0 Å². The molecular formula is C15H15N. The summed E-state index contributed by atoms with van der Waals surface area (Å²) in [5.74, 6) is 0. The van der Waals surface area contributed by atoms with Crippen LogP contribution in [0.25, 0.3) is 6.08 Å². The highest BCUT2D eigenvalue weighted by Crippen LogP contribution is 2.23. The molecule has 80 valence electrons. The normalized spacial score (nSPS) is 9.81. The molecule has 0 aromatic heterocycles. The quantitative estimate of drug-likeness (QED) is 0.791. The third-order valence-electron chi connectivity index (χ3n) is 2.60. The third-order valence-corrected chi connectivity index (χ3v) is 2.60. The smallest absolute Gasteiger partial charge is 0.0457 e. The van der Waals surface area contributed by atoms with Gasteiger partial charge in [-0.15, -0.1) is 0 Å². The number of anilines is 2. The summed E-state index contributed by atoms with van der Waals surface area (Å²) in [4.78, 5) is 0. The second-order valence-corrected chi connectivity index (χ2v) is 3.73. The average Bonchev–Trinajstić information content (AvgIpc) is 2.33. The first-order chi connectivity index (χ1) is 7.81. The van der Waals surface area contributed by atoms with Gasteiger partial charge in [0.15, 0.2) is 0 Å². The van der Waals surface area contributed by atoms with E-state index in [2.05, 4.69) is 37.0 Å². The molecule has 2 rings (SSSR count). The van der Waals surface area contributed by atoms with Gasteiger partial charge >= 0.3 is 0 Å². The fourth-order valence-corrected chi connectivity index (χ4v) is 1.65. The number of hydrogen-bond acceptors (Lipinski definition) is 1. The Morgan fingerprint density at radius 1 is 0.938 bits per heavy atom. The Hall–Kier alpha value is -2.02. The molecule has 1 N–H and O–H groups in total. The minimum absolute atomic E-state index is 1.09. The van der Waals surface area contributed by atoms with Gasteiger partial charge in [0.25, 0.3) is 0 Å². The Bertz CT molecular complexity index is 500. The minimum Gasteiger partial charge on any atom is -0.355 e. The molecule has 0 aliphatic rings. The molecule has 0 unspecified atom stereocenters. The van der Waals surface area contributed by atoms with Gasteiger partial charge in [-0.3, -0.25) is 0 Å². The topological polar surface area (TPSA) is 12.0 Å². The molecule has 1 nitrogen and oxygen atoms in total. The SMILES string of the molecule is C=Cc1ccccc1Nc1ccccc1C. The number of rotatable bonds is 3. The predicted octanol–water partition coefficient (Wildman–Crippen LogP) is 4.38. The summed E-state index contributed by atoms with van der Waals surface area (Å²) < 4.78 is 0. The highest BCUT2D eigenvalue weighted by atomic mass is 14.9. The summed E-state index contributed by atoms with van der Waals surface area (Å²) in [6.45, 7) is 5.91. The summed E-state index contributed by atoms with van der Waals surface area (Å²) in [6.07, 6.45) is 1.86. The molecule has 0 saturated carbocycles. The minimum atomic E-state index is 1.09. The molecule has 2 aromatic rings. The molecule has 2 aromatic carbocycles. The van der Waals surface area contributed by atoms with Gasteiger partial charge in [-0.1, -0.05) is 49.1 Å². The molecule has 0 radical (unpaired) electrons. The lowest BCUT2D eigenvalue weighted by Crippen LogP contribution is -1.94. The van der Waals surface area contributed by atoms with E-state index in [1.807, 2.05) is 36.4 Å². The Kier molecular flexibility index (Phi) is 3.06. The average molecular weight is 209 g/mol. The zero-order valence-electron chi connectivity index (χ0n) is 9.40. The van der Waals surface area contributed by atoms with E-state index in [-0.39, 0.29) is 0 Å². The molecule has 0 aliphatic carbocycles. The Morgan fingerprint density at radius 3 is 2.25 bits per heavy atom. The molecule has 0 heterocycles. The number of nitrogens with one attached hydrogen (secondary N) is 1. The van der Waals surface area contributed by atoms with Crippen LogP contribution in [0, 0.1) is 6.92 Å². The van der Waals surface area contributed by atoms with Crippen molar-refractivity contribution in [2.45, 2.75) is 6.92 Å². The van der Waals surface area contributed by atoms with Crippen LogP contribution in [-0.4, -0.2) is 0 Å². The van der Waals surface area contributed by atoms with Crippen LogP contribution in [0.15, 0.2) is 55.1 Å². The van der Waals surface area contributed by atoms with E-state index in [4.69, 9.17) is 0 Å². The monoisotopic (exact) mass is 209 g/mol. The van der Waals surface area contributed by atoms with Gasteiger partial charge in [0.1, 0.15) is 0 Å². The third kappa shape index (κ3) is 2.14. The summed E-state index contributed by atoms with van der Waals surface area (Å²) in [5, 5.41) is 3.42. The zero-order chi connectivity index (χ0) is 11.4. The van der Waals surface area contributed by atoms with Crippen molar-refractivity contribution in [3.8, 4) is 0 Å². The first-order valence-electron chi connectivity index (χ1n) is 5.35. The van der Waals surface area contributed by atoms with Gasteiger partial charge in [-0.25, -0.2) is 0 Å².